The van der Waals surface area contributed by atoms with Crippen molar-refractivity contribution in [2.45, 2.75) is 13.1 Å². The minimum Gasteiger partial charge on any atom is -0.619 e. The second-order valence-electron chi connectivity index (χ2n) is 6.24. The van der Waals surface area contributed by atoms with Crippen molar-refractivity contribution in [3.63, 3.8) is 0 Å². The van der Waals surface area contributed by atoms with E-state index in [0.717, 1.165) is 24.4 Å². The van der Waals surface area contributed by atoms with Crippen LogP contribution in [-0.4, -0.2) is 5.91 Å². The fraction of sp³-hybridized carbons (Fsp3) is 0.100. The van der Waals surface area contributed by atoms with Gasteiger partial charge in [0.2, 0.25) is 6.20 Å². The summed E-state index contributed by atoms with van der Waals surface area (Å²) in [4.78, 5) is 12.7. The van der Waals surface area contributed by atoms with Crippen molar-refractivity contribution in [2.75, 3.05) is 5.32 Å². The van der Waals surface area contributed by atoms with Crippen LogP contribution in [0.1, 0.15) is 21.5 Å². The van der Waals surface area contributed by atoms with Crippen molar-refractivity contribution in [2.24, 2.45) is 0 Å². The van der Waals surface area contributed by atoms with Gasteiger partial charge in [-0.15, -0.1) is 0 Å². The highest BCUT2D eigenvalue weighted by Gasteiger charge is 2.35. The monoisotopic (exact) mass is 440 g/mol. The summed E-state index contributed by atoms with van der Waals surface area (Å²) < 4.78 is 59.2. The zero-order chi connectivity index (χ0) is 22.1. The van der Waals surface area contributed by atoms with Crippen LogP contribution in [0.3, 0.4) is 0 Å². The van der Waals surface area contributed by atoms with E-state index in [9.17, 15) is 27.6 Å². The Balaban J connectivity index is 2.06. The van der Waals surface area contributed by atoms with E-state index in [0.29, 0.717) is 16.4 Å². The van der Waals surface area contributed by atoms with Crippen molar-refractivity contribution in [3.05, 3.63) is 87.6 Å². The van der Waals surface area contributed by atoms with Crippen LogP contribution < -0.4 is 14.8 Å². The van der Waals surface area contributed by atoms with E-state index in [2.05, 4.69) is 5.32 Å². The summed E-state index contributed by atoms with van der Waals surface area (Å²) >= 11 is 5.75. The quantitative estimate of drug-likeness (QED) is 0.332. The zero-order valence-corrected chi connectivity index (χ0v) is 16.0. The molecule has 1 amide bonds. The van der Waals surface area contributed by atoms with Gasteiger partial charge in [0.25, 0.3) is 5.91 Å². The molecule has 0 aliphatic rings. The first kappa shape index (κ1) is 21.4. The van der Waals surface area contributed by atoms with Crippen LogP contribution in [0.4, 0.5) is 23.2 Å². The van der Waals surface area contributed by atoms with Gasteiger partial charge in [-0.05, 0) is 48.9 Å². The molecule has 1 heterocycles. The Morgan fingerprint density at radius 1 is 1.17 bits per heavy atom. The molecule has 1 N–H and O–H groups in total. The van der Waals surface area contributed by atoms with E-state index in [1.165, 1.54) is 31.3 Å². The molecule has 3 rings (SSSR count). The van der Waals surface area contributed by atoms with E-state index >= 15 is 0 Å². The number of hydrogen-bond acceptors (Lipinski definition) is 3. The third-order valence-corrected chi connectivity index (χ3v) is 4.32. The Labute approximate surface area is 173 Å². The van der Waals surface area contributed by atoms with Gasteiger partial charge < -0.3 is 15.3 Å². The molecule has 0 aliphatic heterocycles. The number of nitrogens with zero attached hydrogens (tertiary/aromatic N) is 1. The van der Waals surface area contributed by atoms with Gasteiger partial charge in [0.15, 0.2) is 6.20 Å². The second-order valence-corrected chi connectivity index (χ2v) is 6.65. The fourth-order valence-electron chi connectivity index (χ4n) is 2.61. The van der Waals surface area contributed by atoms with Crippen LogP contribution in [0.15, 0.2) is 54.9 Å². The maximum absolute atomic E-state index is 13.3. The van der Waals surface area contributed by atoms with Crippen molar-refractivity contribution in [3.8, 4) is 11.5 Å². The average molecular weight is 441 g/mol. The highest BCUT2D eigenvalue weighted by atomic mass is 35.5. The smallest absolute Gasteiger partial charge is 0.417 e. The number of pyridine rings is 1. The van der Waals surface area contributed by atoms with E-state index in [-0.39, 0.29) is 17.0 Å². The van der Waals surface area contributed by atoms with Gasteiger partial charge in [-0.2, -0.15) is 17.9 Å². The number of carbonyl (C=O) groups is 1. The van der Waals surface area contributed by atoms with E-state index in [1.807, 2.05) is 0 Å². The van der Waals surface area contributed by atoms with Gasteiger partial charge in [0.1, 0.15) is 23.0 Å². The highest BCUT2D eigenvalue weighted by Crippen LogP contribution is 2.40. The normalized spacial score (nSPS) is 11.3. The lowest BCUT2D eigenvalue weighted by atomic mass is 10.1. The first-order valence-electron chi connectivity index (χ1n) is 8.39. The lowest BCUT2D eigenvalue weighted by molar-refractivity contribution is -0.604. The number of amides is 1. The molecular weight excluding hydrogens is 428 g/mol. The number of nitrogens with one attached hydrogen (secondary N) is 1. The number of rotatable bonds is 4. The molecule has 3 aromatic rings. The number of alkyl halides is 3. The molecule has 0 atom stereocenters. The maximum Gasteiger partial charge on any atom is 0.417 e. The molecule has 0 saturated carbocycles. The van der Waals surface area contributed by atoms with Gasteiger partial charge in [-0.1, -0.05) is 11.6 Å². The van der Waals surface area contributed by atoms with Crippen LogP contribution in [0.2, 0.25) is 5.02 Å². The molecule has 30 heavy (non-hydrogen) atoms. The molecule has 5 nitrogen and oxygen atoms in total. The minimum atomic E-state index is -4.80. The summed E-state index contributed by atoms with van der Waals surface area (Å²) in [6.07, 6.45) is -2.54. The lowest BCUT2D eigenvalue weighted by Gasteiger charge is -2.17. The number of halogens is 5. The molecule has 0 saturated heterocycles. The van der Waals surface area contributed by atoms with E-state index < -0.39 is 34.2 Å². The van der Waals surface area contributed by atoms with Gasteiger partial charge >= 0.3 is 6.18 Å². The van der Waals surface area contributed by atoms with Crippen molar-refractivity contribution in [1.29, 1.82) is 0 Å². The van der Waals surface area contributed by atoms with Crippen molar-refractivity contribution in [1.82, 2.24) is 0 Å². The lowest BCUT2D eigenvalue weighted by Crippen LogP contribution is -2.25. The van der Waals surface area contributed by atoms with Crippen LogP contribution in [0.5, 0.6) is 11.5 Å². The molecule has 156 valence electrons. The molecule has 0 bridgehead atoms. The molecule has 1 aromatic heterocycles. The molecular formula is C20H13ClF4N2O3. The van der Waals surface area contributed by atoms with Gasteiger partial charge in [-0.25, -0.2) is 4.39 Å². The van der Waals surface area contributed by atoms with Crippen LogP contribution in [0, 0.1) is 17.9 Å². The molecule has 0 fully saturated rings. The van der Waals surface area contributed by atoms with E-state index in [1.54, 1.807) is 0 Å². The van der Waals surface area contributed by atoms with Crippen molar-refractivity contribution >= 4 is 23.2 Å². The average Bonchev–Trinajstić information content (AvgIpc) is 2.64. The molecule has 0 spiro atoms. The number of benzene rings is 2. The number of aryl methyl sites for hydroxylation is 1. The predicted molar refractivity (Wildman–Crippen MR) is 101 cm³/mol. The van der Waals surface area contributed by atoms with Crippen LogP contribution in [0.25, 0.3) is 0 Å². The number of carbonyl (C=O) groups excluding carboxylic acids is 1. The Kier molecular flexibility index (Phi) is 5.84. The van der Waals surface area contributed by atoms with Crippen LogP contribution in [-0.2, 0) is 6.18 Å². The number of anilines is 1. The summed E-state index contributed by atoms with van der Waals surface area (Å²) in [5.41, 5.74) is -1.09. The summed E-state index contributed by atoms with van der Waals surface area (Å²) in [6.45, 7) is 1.50. The van der Waals surface area contributed by atoms with Gasteiger partial charge in [0.05, 0.1) is 16.1 Å². The van der Waals surface area contributed by atoms with Gasteiger partial charge in [-0.3, -0.25) is 4.79 Å². The Hall–Kier alpha value is -3.33. The SMILES string of the molecule is Cc1cc(F)ccc1Oc1cc(C(F)(F)F)c(Cl)cc1C(=O)Nc1ccc[n+]([O-])c1. The summed E-state index contributed by atoms with van der Waals surface area (Å²) in [5.74, 6) is -1.80. The third-order valence-electron chi connectivity index (χ3n) is 4.01. The van der Waals surface area contributed by atoms with Gasteiger partial charge in [0, 0.05) is 6.07 Å². The van der Waals surface area contributed by atoms with E-state index in [4.69, 9.17) is 16.3 Å². The summed E-state index contributed by atoms with van der Waals surface area (Å²) in [5, 5.41) is 13.0. The molecule has 2 aromatic carbocycles. The Morgan fingerprint density at radius 3 is 2.53 bits per heavy atom. The molecule has 0 aliphatic carbocycles. The number of hydrogen-bond donors (Lipinski definition) is 1. The second kappa shape index (κ2) is 8.19. The van der Waals surface area contributed by atoms with Crippen LogP contribution >= 0.6 is 11.6 Å². The molecule has 10 heteroatoms. The zero-order valence-electron chi connectivity index (χ0n) is 15.3. The topological polar surface area (TPSA) is 65.3 Å². The molecule has 0 unspecified atom stereocenters. The highest BCUT2D eigenvalue weighted by molar-refractivity contribution is 6.32. The first-order chi connectivity index (χ1) is 14.0. The maximum atomic E-state index is 13.3. The Bertz CT molecular complexity index is 1120. The first-order valence-corrected chi connectivity index (χ1v) is 8.77. The summed E-state index contributed by atoms with van der Waals surface area (Å²) in [7, 11) is 0. The predicted octanol–water partition coefficient (Wildman–Crippen LogP) is 5.48. The molecule has 0 radical (unpaired) electrons. The largest absolute Gasteiger partial charge is 0.619 e. The number of aromatic nitrogens is 1. The van der Waals surface area contributed by atoms with Crippen molar-refractivity contribution < 1.29 is 31.8 Å². The Morgan fingerprint density at radius 2 is 1.90 bits per heavy atom. The fourth-order valence-corrected chi connectivity index (χ4v) is 2.88. The minimum absolute atomic E-state index is 0.0537. The number of ether oxygens (including phenoxy) is 1. The summed E-state index contributed by atoms with van der Waals surface area (Å²) in [6, 6.07) is 7.64. The standard InChI is InChI=1S/C20H13ClF4N2O3/c1-11-7-12(22)4-5-17(11)30-18-9-15(20(23,24)25)16(21)8-14(18)19(28)26-13-3-2-6-27(29)10-13/h2-10H,1H3,(H,26,28). The third kappa shape index (κ3) is 4.80.